The van der Waals surface area contributed by atoms with Crippen molar-refractivity contribution in [1.82, 2.24) is 9.97 Å². The van der Waals surface area contributed by atoms with Crippen LogP contribution < -0.4 is 15.4 Å². The summed E-state index contributed by atoms with van der Waals surface area (Å²) in [7, 11) is 0. The highest BCUT2D eigenvalue weighted by Gasteiger charge is 2.35. The van der Waals surface area contributed by atoms with E-state index >= 15 is 0 Å². The Hall–Kier alpha value is -1.52. The second kappa shape index (κ2) is 5.85. The third kappa shape index (κ3) is 2.41. The van der Waals surface area contributed by atoms with Crippen molar-refractivity contribution in [2.75, 3.05) is 23.8 Å². The van der Waals surface area contributed by atoms with E-state index in [-0.39, 0.29) is 0 Å². The lowest BCUT2D eigenvalue weighted by molar-refractivity contribution is 0.242. The lowest BCUT2D eigenvalue weighted by Crippen LogP contribution is -2.47. The Morgan fingerprint density at radius 3 is 2.90 bits per heavy atom. The molecular formula is C15H24N4O. The molecule has 5 heteroatoms. The number of nitrogens with two attached hydrogens (primary N) is 1. The molecule has 2 N–H and O–H groups in total. The minimum absolute atomic E-state index is 0.524. The summed E-state index contributed by atoms with van der Waals surface area (Å²) in [6.45, 7) is 3.57. The fourth-order valence-electron chi connectivity index (χ4n) is 3.74. The first kappa shape index (κ1) is 13.5. The fourth-order valence-corrected chi connectivity index (χ4v) is 3.74. The molecule has 0 radical (unpaired) electrons. The number of nitrogen functional groups attached to an aromatic ring is 1. The molecule has 0 bridgehead atoms. The predicted molar refractivity (Wildman–Crippen MR) is 79.9 cm³/mol. The highest BCUT2D eigenvalue weighted by atomic mass is 16.5. The molecule has 5 nitrogen and oxygen atoms in total. The van der Waals surface area contributed by atoms with Crippen molar-refractivity contribution >= 4 is 11.5 Å². The third-order valence-electron chi connectivity index (χ3n) is 4.62. The Balaban J connectivity index is 1.89. The van der Waals surface area contributed by atoms with Crippen molar-refractivity contribution < 1.29 is 4.74 Å². The van der Waals surface area contributed by atoms with Crippen LogP contribution in [0, 0.1) is 5.92 Å². The van der Waals surface area contributed by atoms with Crippen molar-refractivity contribution in [2.24, 2.45) is 5.92 Å². The molecule has 1 saturated carbocycles. The van der Waals surface area contributed by atoms with E-state index in [1.54, 1.807) is 6.33 Å². The molecule has 1 aliphatic carbocycles. The van der Waals surface area contributed by atoms with Gasteiger partial charge in [0.25, 0.3) is 0 Å². The van der Waals surface area contributed by atoms with Gasteiger partial charge in [-0.2, -0.15) is 4.98 Å². The van der Waals surface area contributed by atoms with Gasteiger partial charge in [0.05, 0.1) is 6.61 Å². The lowest BCUT2D eigenvalue weighted by atomic mass is 9.78. The Bertz CT molecular complexity index is 463. The molecule has 0 amide bonds. The molecule has 1 saturated heterocycles. The van der Waals surface area contributed by atoms with Crippen molar-refractivity contribution in [3.05, 3.63) is 6.33 Å². The molecule has 0 spiro atoms. The number of ether oxygens (including phenoxy) is 1. The highest BCUT2D eigenvalue weighted by Crippen LogP contribution is 2.39. The molecule has 110 valence electrons. The van der Waals surface area contributed by atoms with Crippen molar-refractivity contribution in [1.29, 1.82) is 0 Å². The monoisotopic (exact) mass is 276 g/mol. The molecule has 2 fully saturated rings. The van der Waals surface area contributed by atoms with Gasteiger partial charge in [0.2, 0.25) is 5.88 Å². The zero-order valence-electron chi connectivity index (χ0n) is 12.2. The van der Waals surface area contributed by atoms with Crippen LogP contribution in [0.2, 0.25) is 0 Å². The Labute approximate surface area is 120 Å². The van der Waals surface area contributed by atoms with Crippen LogP contribution in [0.15, 0.2) is 6.33 Å². The number of fused-ring (bicyclic) bond motifs is 1. The minimum atomic E-state index is 0.524. The summed E-state index contributed by atoms with van der Waals surface area (Å²) < 4.78 is 5.50. The van der Waals surface area contributed by atoms with Gasteiger partial charge in [-0.05, 0) is 38.5 Å². The molecular weight excluding hydrogens is 252 g/mol. The van der Waals surface area contributed by atoms with Gasteiger partial charge in [-0.25, -0.2) is 4.98 Å². The summed E-state index contributed by atoms with van der Waals surface area (Å²) in [5.41, 5.74) is 6.83. The van der Waals surface area contributed by atoms with Crippen LogP contribution in [0.5, 0.6) is 5.88 Å². The van der Waals surface area contributed by atoms with Crippen LogP contribution in [0.4, 0.5) is 11.5 Å². The fraction of sp³-hybridized carbons (Fsp3) is 0.733. The summed E-state index contributed by atoms with van der Waals surface area (Å²) in [5.74, 6) is 2.21. The molecule has 2 atom stereocenters. The Morgan fingerprint density at radius 1 is 1.25 bits per heavy atom. The number of piperidine rings is 1. The highest BCUT2D eigenvalue weighted by molar-refractivity contribution is 5.68. The average Bonchev–Trinajstić information content (AvgIpc) is 2.49. The number of aromatic nitrogens is 2. The molecule has 0 aromatic carbocycles. The summed E-state index contributed by atoms with van der Waals surface area (Å²) in [5, 5.41) is 0. The van der Waals surface area contributed by atoms with Gasteiger partial charge < -0.3 is 15.4 Å². The van der Waals surface area contributed by atoms with Crippen molar-refractivity contribution in [2.45, 2.75) is 51.5 Å². The van der Waals surface area contributed by atoms with Gasteiger partial charge >= 0.3 is 0 Å². The molecule has 20 heavy (non-hydrogen) atoms. The van der Waals surface area contributed by atoms with E-state index < -0.39 is 0 Å². The number of nitrogens with zero attached hydrogens (tertiary/aromatic N) is 3. The Morgan fingerprint density at radius 2 is 2.05 bits per heavy atom. The zero-order valence-corrected chi connectivity index (χ0v) is 12.2. The minimum Gasteiger partial charge on any atom is -0.476 e. The van der Waals surface area contributed by atoms with Crippen LogP contribution in [-0.4, -0.2) is 29.2 Å². The maximum Gasteiger partial charge on any atom is 0.242 e. The van der Waals surface area contributed by atoms with E-state index in [9.17, 15) is 0 Å². The SMILES string of the molecule is CCOc1ncnc(N2CCC[C@H]3CCCC[C@H]32)c1N. The predicted octanol–water partition coefficient (Wildman–Crippen LogP) is 2.62. The number of hydrogen-bond acceptors (Lipinski definition) is 5. The van der Waals surface area contributed by atoms with Crippen molar-refractivity contribution in [3.8, 4) is 5.88 Å². The molecule has 1 aromatic rings. The first-order valence-corrected chi connectivity index (χ1v) is 7.81. The van der Waals surface area contributed by atoms with E-state index in [4.69, 9.17) is 10.5 Å². The number of rotatable bonds is 3. The number of anilines is 2. The maximum absolute atomic E-state index is 6.23. The second-order valence-electron chi connectivity index (χ2n) is 5.80. The smallest absolute Gasteiger partial charge is 0.242 e. The standard InChI is InChI=1S/C15H24N4O/c1-2-20-15-13(16)14(17-10-18-15)19-9-5-7-11-6-3-4-8-12(11)19/h10-12H,2-9,16H2,1H3/t11-,12-/m1/s1. The summed E-state index contributed by atoms with van der Waals surface area (Å²) in [6, 6.07) is 0.601. The van der Waals surface area contributed by atoms with E-state index in [2.05, 4.69) is 14.9 Å². The average molecular weight is 276 g/mol. The van der Waals surface area contributed by atoms with Crippen LogP contribution in [0.1, 0.15) is 45.4 Å². The lowest BCUT2D eigenvalue weighted by Gasteiger charge is -2.45. The van der Waals surface area contributed by atoms with Crippen LogP contribution in [0.25, 0.3) is 0 Å². The van der Waals surface area contributed by atoms with E-state index in [0.717, 1.165) is 18.3 Å². The van der Waals surface area contributed by atoms with Crippen molar-refractivity contribution in [3.63, 3.8) is 0 Å². The van der Waals surface area contributed by atoms with Crippen LogP contribution in [0.3, 0.4) is 0 Å². The molecule has 1 aromatic heterocycles. The molecule has 2 aliphatic rings. The molecule has 1 aliphatic heterocycles. The normalized spacial score (nSPS) is 26.1. The van der Waals surface area contributed by atoms with Crippen LogP contribution in [-0.2, 0) is 0 Å². The van der Waals surface area contributed by atoms with E-state index in [1.807, 2.05) is 6.92 Å². The van der Waals surface area contributed by atoms with Gasteiger partial charge in [-0.1, -0.05) is 12.8 Å². The first-order chi connectivity index (χ1) is 9.81. The van der Waals surface area contributed by atoms with E-state index in [1.165, 1.54) is 38.5 Å². The first-order valence-electron chi connectivity index (χ1n) is 7.81. The third-order valence-corrected chi connectivity index (χ3v) is 4.62. The van der Waals surface area contributed by atoms with Crippen LogP contribution >= 0.6 is 0 Å². The van der Waals surface area contributed by atoms with Gasteiger partial charge in [0.15, 0.2) is 5.82 Å². The Kier molecular flexibility index (Phi) is 3.94. The summed E-state index contributed by atoms with van der Waals surface area (Å²) in [6.07, 6.45) is 9.46. The van der Waals surface area contributed by atoms with Gasteiger partial charge in [0.1, 0.15) is 12.0 Å². The van der Waals surface area contributed by atoms with Gasteiger partial charge in [-0.3, -0.25) is 0 Å². The molecule has 0 unspecified atom stereocenters. The quantitative estimate of drug-likeness (QED) is 0.919. The maximum atomic E-state index is 6.23. The summed E-state index contributed by atoms with van der Waals surface area (Å²) >= 11 is 0. The second-order valence-corrected chi connectivity index (χ2v) is 5.80. The van der Waals surface area contributed by atoms with E-state index in [0.29, 0.717) is 24.2 Å². The summed E-state index contributed by atoms with van der Waals surface area (Å²) in [4.78, 5) is 11.0. The largest absolute Gasteiger partial charge is 0.476 e. The zero-order chi connectivity index (χ0) is 13.9. The molecule has 2 heterocycles. The number of hydrogen-bond donors (Lipinski definition) is 1. The molecule has 3 rings (SSSR count). The van der Waals surface area contributed by atoms with Gasteiger partial charge in [0, 0.05) is 12.6 Å². The topological polar surface area (TPSA) is 64.3 Å². The van der Waals surface area contributed by atoms with Gasteiger partial charge in [-0.15, -0.1) is 0 Å².